The van der Waals surface area contributed by atoms with Gasteiger partial charge in [0.05, 0.1) is 5.69 Å². The summed E-state index contributed by atoms with van der Waals surface area (Å²) in [7, 11) is 2.10. The summed E-state index contributed by atoms with van der Waals surface area (Å²) in [6.45, 7) is 3.79. The molecule has 1 aliphatic heterocycles. The van der Waals surface area contributed by atoms with Crippen molar-refractivity contribution in [1.82, 2.24) is 14.9 Å². The van der Waals surface area contributed by atoms with Gasteiger partial charge in [0.25, 0.3) is 6.01 Å². The number of aromatic hydroxyl groups is 1. The number of anilines is 1. The molecule has 2 aromatic heterocycles. The first-order chi connectivity index (χ1) is 12.5. The van der Waals surface area contributed by atoms with Crippen LogP contribution in [0.25, 0.3) is 22.5 Å². The monoisotopic (exact) mass is 356 g/mol. The number of nitrogens with zero attached hydrogens (tertiary/aromatic N) is 3. The average molecular weight is 356 g/mol. The number of hydrogen-bond donors (Lipinski definition) is 2. The van der Waals surface area contributed by atoms with Gasteiger partial charge in [-0.2, -0.15) is 4.98 Å². The number of benzene rings is 1. The quantitative estimate of drug-likeness (QED) is 0.748. The van der Waals surface area contributed by atoms with Crippen molar-refractivity contribution in [2.45, 2.75) is 25.8 Å². The zero-order chi connectivity index (χ0) is 18.3. The van der Waals surface area contributed by atoms with Gasteiger partial charge in [-0.1, -0.05) is 0 Å². The van der Waals surface area contributed by atoms with Crippen LogP contribution >= 0.6 is 0 Å². The Kier molecular flexibility index (Phi) is 4.24. The second kappa shape index (κ2) is 6.57. The summed E-state index contributed by atoms with van der Waals surface area (Å²) in [6.07, 6.45) is 2.21. The first kappa shape index (κ1) is 16.8. The molecule has 0 saturated carbocycles. The first-order valence-electron chi connectivity index (χ1n) is 8.72. The number of nitrogens with one attached hydrogen (secondary N) is 1. The number of halogens is 1. The van der Waals surface area contributed by atoms with E-state index < -0.39 is 5.82 Å². The summed E-state index contributed by atoms with van der Waals surface area (Å²) in [5, 5.41) is 13.4. The molecule has 6 nitrogen and oxygen atoms in total. The number of oxazole rings is 1. The van der Waals surface area contributed by atoms with E-state index in [1.807, 2.05) is 0 Å². The molecule has 0 spiro atoms. The molecule has 136 valence electrons. The minimum atomic E-state index is -0.477. The van der Waals surface area contributed by atoms with Crippen LogP contribution in [-0.2, 0) is 0 Å². The van der Waals surface area contributed by atoms with Gasteiger partial charge in [-0.15, -0.1) is 0 Å². The number of pyridine rings is 1. The zero-order valence-electron chi connectivity index (χ0n) is 14.8. The van der Waals surface area contributed by atoms with Crippen LogP contribution in [0.3, 0.4) is 0 Å². The van der Waals surface area contributed by atoms with E-state index >= 15 is 0 Å². The second-order valence-electron chi connectivity index (χ2n) is 6.90. The number of phenols is 1. The molecule has 0 amide bonds. The molecule has 1 saturated heterocycles. The molecule has 1 aliphatic rings. The third-order valence-electron chi connectivity index (χ3n) is 4.74. The Hall–Kier alpha value is -2.67. The highest BCUT2D eigenvalue weighted by molar-refractivity contribution is 5.78. The van der Waals surface area contributed by atoms with Crippen molar-refractivity contribution in [3.05, 3.63) is 35.6 Å². The first-order valence-corrected chi connectivity index (χ1v) is 8.72. The fourth-order valence-electron chi connectivity index (χ4n) is 3.54. The molecule has 1 atom stereocenters. The van der Waals surface area contributed by atoms with Crippen molar-refractivity contribution < 1.29 is 13.9 Å². The van der Waals surface area contributed by atoms with Gasteiger partial charge in [-0.05, 0) is 57.1 Å². The highest BCUT2D eigenvalue weighted by Crippen LogP contribution is 2.33. The van der Waals surface area contributed by atoms with Crippen LogP contribution in [0.1, 0.15) is 18.4 Å². The van der Waals surface area contributed by atoms with Crippen molar-refractivity contribution in [2.75, 3.05) is 25.5 Å². The van der Waals surface area contributed by atoms with E-state index in [0.717, 1.165) is 32.0 Å². The number of rotatable bonds is 3. The lowest BCUT2D eigenvalue weighted by atomic mass is 10.0. The Morgan fingerprint density at radius 3 is 2.92 bits per heavy atom. The molecule has 3 aromatic rings. The Labute approximate surface area is 150 Å². The summed E-state index contributed by atoms with van der Waals surface area (Å²) in [5.74, 6) is -0.614. The van der Waals surface area contributed by atoms with Crippen LogP contribution in [0.2, 0.25) is 0 Å². The Morgan fingerprint density at radius 1 is 1.31 bits per heavy atom. The predicted molar refractivity (Wildman–Crippen MR) is 97.7 cm³/mol. The predicted octanol–water partition coefficient (Wildman–Crippen LogP) is 3.55. The van der Waals surface area contributed by atoms with Gasteiger partial charge < -0.3 is 19.7 Å². The SMILES string of the molecule is Cc1cc(F)cc(O)c1-c1ccc2oc(N[C@@H]3CCCN(C)C3)nc2n1. The van der Waals surface area contributed by atoms with Gasteiger partial charge in [0.2, 0.25) is 5.65 Å². The van der Waals surface area contributed by atoms with Crippen LogP contribution in [0.4, 0.5) is 10.4 Å². The van der Waals surface area contributed by atoms with E-state index in [2.05, 4.69) is 27.2 Å². The summed E-state index contributed by atoms with van der Waals surface area (Å²) >= 11 is 0. The molecule has 0 unspecified atom stereocenters. The molecule has 4 rings (SSSR count). The molecule has 0 bridgehead atoms. The van der Waals surface area contributed by atoms with E-state index in [4.69, 9.17) is 4.42 Å². The minimum Gasteiger partial charge on any atom is -0.507 e. The highest BCUT2D eigenvalue weighted by atomic mass is 19.1. The maximum Gasteiger partial charge on any atom is 0.297 e. The van der Waals surface area contributed by atoms with Gasteiger partial charge in [-0.3, -0.25) is 0 Å². The van der Waals surface area contributed by atoms with Crippen LogP contribution in [0.5, 0.6) is 5.75 Å². The Bertz CT molecular complexity index is 933. The fourth-order valence-corrected chi connectivity index (χ4v) is 3.54. The normalized spacial score (nSPS) is 18.3. The van der Waals surface area contributed by atoms with Crippen molar-refractivity contribution in [1.29, 1.82) is 0 Å². The lowest BCUT2D eigenvalue weighted by molar-refractivity contribution is 0.259. The van der Waals surface area contributed by atoms with Gasteiger partial charge in [0, 0.05) is 24.2 Å². The van der Waals surface area contributed by atoms with Crippen molar-refractivity contribution in [3.63, 3.8) is 0 Å². The molecular weight excluding hydrogens is 335 g/mol. The molecule has 1 aromatic carbocycles. The van der Waals surface area contributed by atoms with Crippen LogP contribution in [0, 0.1) is 12.7 Å². The van der Waals surface area contributed by atoms with E-state index in [1.165, 1.54) is 6.07 Å². The van der Waals surface area contributed by atoms with Gasteiger partial charge in [0.1, 0.15) is 11.6 Å². The van der Waals surface area contributed by atoms with Gasteiger partial charge >= 0.3 is 0 Å². The number of fused-ring (bicyclic) bond motifs is 1. The standard InChI is InChI=1S/C19H21FN4O2/c1-11-8-12(20)9-15(25)17(11)14-5-6-16-18(22-14)23-19(26-16)21-13-4-3-7-24(2)10-13/h5-6,8-9,13,25H,3-4,7,10H2,1-2H3,(H,21,22,23)/t13-/m1/s1. The van der Waals surface area contributed by atoms with Crippen LogP contribution in [0.15, 0.2) is 28.7 Å². The molecule has 0 radical (unpaired) electrons. The number of phenolic OH excluding ortho intramolecular Hbond substituents is 1. The molecular formula is C19H21FN4O2. The number of aryl methyl sites for hydroxylation is 1. The maximum atomic E-state index is 13.4. The van der Waals surface area contributed by atoms with Gasteiger partial charge in [0.15, 0.2) is 5.58 Å². The number of likely N-dealkylation sites (tertiary alicyclic amines) is 1. The summed E-state index contributed by atoms with van der Waals surface area (Å²) < 4.78 is 19.2. The lowest BCUT2D eigenvalue weighted by Crippen LogP contribution is -2.39. The van der Waals surface area contributed by atoms with E-state index in [9.17, 15) is 9.50 Å². The molecule has 0 aliphatic carbocycles. The Morgan fingerprint density at radius 2 is 2.15 bits per heavy atom. The van der Waals surface area contributed by atoms with E-state index in [0.29, 0.717) is 40.1 Å². The number of aromatic nitrogens is 2. The van der Waals surface area contributed by atoms with Gasteiger partial charge in [-0.25, -0.2) is 9.37 Å². The average Bonchev–Trinajstić information content (AvgIpc) is 2.95. The smallest absolute Gasteiger partial charge is 0.297 e. The van der Waals surface area contributed by atoms with E-state index in [-0.39, 0.29) is 5.75 Å². The molecule has 7 heteroatoms. The fraction of sp³-hybridized carbons (Fsp3) is 0.368. The number of likely N-dealkylation sites (N-methyl/N-ethyl adjacent to an activating group) is 1. The Balaban J connectivity index is 1.64. The highest BCUT2D eigenvalue weighted by Gasteiger charge is 2.20. The largest absolute Gasteiger partial charge is 0.507 e. The summed E-state index contributed by atoms with van der Waals surface area (Å²) in [6, 6.07) is 6.71. The van der Waals surface area contributed by atoms with E-state index in [1.54, 1.807) is 19.1 Å². The van der Waals surface area contributed by atoms with Crippen LogP contribution < -0.4 is 5.32 Å². The summed E-state index contributed by atoms with van der Waals surface area (Å²) in [5.41, 5.74) is 2.67. The number of piperidine rings is 1. The number of hydrogen-bond acceptors (Lipinski definition) is 6. The van der Waals surface area contributed by atoms with Crippen LogP contribution in [-0.4, -0.2) is 46.2 Å². The topological polar surface area (TPSA) is 74.4 Å². The second-order valence-corrected chi connectivity index (χ2v) is 6.90. The minimum absolute atomic E-state index is 0.138. The maximum absolute atomic E-state index is 13.4. The van der Waals surface area contributed by atoms with Crippen molar-refractivity contribution >= 4 is 17.2 Å². The molecule has 2 N–H and O–H groups in total. The molecule has 1 fully saturated rings. The molecule has 26 heavy (non-hydrogen) atoms. The zero-order valence-corrected chi connectivity index (χ0v) is 14.8. The lowest BCUT2D eigenvalue weighted by Gasteiger charge is -2.29. The molecule has 3 heterocycles. The third kappa shape index (κ3) is 3.22. The summed E-state index contributed by atoms with van der Waals surface area (Å²) in [4.78, 5) is 11.2. The van der Waals surface area contributed by atoms with Crippen molar-refractivity contribution in [3.8, 4) is 17.0 Å². The van der Waals surface area contributed by atoms with Crippen molar-refractivity contribution in [2.24, 2.45) is 0 Å². The third-order valence-corrected chi connectivity index (χ3v) is 4.74.